The van der Waals surface area contributed by atoms with Crippen LogP contribution in [0.3, 0.4) is 0 Å². The third kappa shape index (κ3) is 2.87. The molecule has 0 aliphatic carbocycles. The van der Waals surface area contributed by atoms with Crippen molar-refractivity contribution in [2.75, 3.05) is 5.32 Å². The number of carbonyl (C=O) groups excluding carboxylic acids is 1. The van der Waals surface area contributed by atoms with Gasteiger partial charge in [0.2, 0.25) is 0 Å². The summed E-state index contributed by atoms with van der Waals surface area (Å²) in [4.78, 5) is 21.2. The third-order valence-corrected chi connectivity index (χ3v) is 4.70. The Hall–Kier alpha value is -3.13. The van der Waals surface area contributed by atoms with Crippen molar-refractivity contribution >= 4 is 28.0 Å². The zero-order valence-electron chi connectivity index (χ0n) is 13.6. The van der Waals surface area contributed by atoms with Crippen LogP contribution in [0, 0.1) is 13.8 Å². The van der Waals surface area contributed by atoms with Crippen LogP contribution in [0.2, 0.25) is 0 Å². The number of aromatic nitrogens is 5. The van der Waals surface area contributed by atoms with Crippen LogP contribution < -0.4 is 5.32 Å². The monoisotopic (exact) mass is 350 g/mol. The lowest BCUT2D eigenvalue weighted by atomic mass is 10.0. The largest absolute Gasteiger partial charge is 0.298 e. The minimum absolute atomic E-state index is 0.268. The minimum Gasteiger partial charge on any atom is -0.298 e. The highest BCUT2D eigenvalue weighted by Gasteiger charge is 2.17. The van der Waals surface area contributed by atoms with Gasteiger partial charge < -0.3 is 0 Å². The van der Waals surface area contributed by atoms with Gasteiger partial charge in [-0.3, -0.25) is 19.5 Å². The van der Waals surface area contributed by atoms with Crippen molar-refractivity contribution in [1.82, 2.24) is 24.6 Å². The first-order valence-corrected chi connectivity index (χ1v) is 8.47. The second-order valence-electron chi connectivity index (χ2n) is 5.64. The highest BCUT2D eigenvalue weighted by Crippen LogP contribution is 2.25. The van der Waals surface area contributed by atoms with Gasteiger partial charge in [0.1, 0.15) is 6.33 Å². The Bertz CT molecular complexity index is 1080. The summed E-state index contributed by atoms with van der Waals surface area (Å²) >= 11 is 1.39. The predicted molar refractivity (Wildman–Crippen MR) is 95.8 cm³/mol. The van der Waals surface area contributed by atoms with Crippen LogP contribution in [-0.4, -0.2) is 30.5 Å². The Labute approximate surface area is 147 Å². The average Bonchev–Trinajstić information content (AvgIpc) is 3.23. The number of hydrogen-bond donors (Lipinski definition) is 1. The molecule has 25 heavy (non-hydrogen) atoms. The zero-order chi connectivity index (χ0) is 17.4. The van der Waals surface area contributed by atoms with Crippen LogP contribution in [0.25, 0.3) is 16.8 Å². The van der Waals surface area contributed by atoms with E-state index in [4.69, 9.17) is 0 Å². The van der Waals surface area contributed by atoms with Crippen molar-refractivity contribution in [1.29, 1.82) is 0 Å². The Morgan fingerprint density at radius 3 is 2.96 bits per heavy atom. The number of thiazole rings is 1. The number of rotatable bonds is 3. The topological polar surface area (TPSA) is 85.1 Å². The molecular weight excluding hydrogens is 336 g/mol. The van der Waals surface area contributed by atoms with Crippen molar-refractivity contribution < 1.29 is 4.79 Å². The molecule has 0 aromatic carbocycles. The SMILES string of the molecule is Cc1csc(NC(=O)c2cc(-c3cnccc3C)cn3cnnc23)n1. The van der Waals surface area contributed by atoms with E-state index in [1.807, 2.05) is 37.6 Å². The highest BCUT2D eigenvalue weighted by molar-refractivity contribution is 7.13. The standard InChI is InChI=1S/C17H14N6OS/c1-10-3-4-18-6-14(10)12-5-13(15-22-19-9-23(15)7-12)16(24)21-17-20-11(2)8-25-17/h3-9H,1-2H3,(H,20,21,24). The van der Waals surface area contributed by atoms with E-state index < -0.39 is 0 Å². The molecule has 0 bridgehead atoms. The number of aryl methyl sites for hydroxylation is 2. The smallest absolute Gasteiger partial charge is 0.261 e. The van der Waals surface area contributed by atoms with E-state index in [0.717, 1.165) is 22.4 Å². The quantitative estimate of drug-likeness (QED) is 0.613. The second kappa shape index (κ2) is 6.06. The zero-order valence-corrected chi connectivity index (χ0v) is 14.4. The molecule has 1 amide bonds. The summed E-state index contributed by atoms with van der Waals surface area (Å²) in [5, 5.41) is 13.3. The number of anilines is 1. The summed E-state index contributed by atoms with van der Waals surface area (Å²) in [6, 6.07) is 3.74. The molecule has 0 spiro atoms. The van der Waals surface area contributed by atoms with Gasteiger partial charge in [0, 0.05) is 35.1 Å². The van der Waals surface area contributed by atoms with Gasteiger partial charge in [0.05, 0.1) is 11.3 Å². The molecule has 0 aliphatic heterocycles. The first-order valence-electron chi connectivity index (χ1n) is 7.59. The van der Waals surface area contributed by atoms with Crippen molar-refractivity contribution in [3.05, 3.63) is 59.3 Å². The molecule has 0 fully saturated rings. The molecule has 0 saturated heterocycles. The van der Waals surface area contributed by atoms with E-state index in [1.54, 1.807) is 23.1 Å². The van der Waals surface area contributed by atoms with Crippen LogP contribution in [0.5, 0.6) is 0 Å². The molecule has 0 radical (unpaired) electrons. The van der Waals surface area contributed by atoms with Crippen molar-refractivity contribution in [2.24, 2.45) is 0 Å². The number of nitrogens with one attached hydrogen (secondary N) is 1. The molecule has 124 valence electrons. The number of nitrogens with zero attached hydrogens (tertiary/aromatic N) is 5. The molecule has 7 nitrogen and oxygen atoms in total. The average molecular weight is 350 g/mol. The van der Waals surface area contributed by atoms with Gasteiger partial charge in [-0.15, -0.1) is 21.5 Å². The number of hydrogen-bond acceptors (Lipinski definition) is 6. The number of pyridine rings is 2. The van der Waals surface area contributed by atoms with Crippen molar-refractivity contribution in [3.8, 4) is 11.1 Å². The minimum atomic E-state index is -0.268. The Morgan fingerprint density at radius 1 is 1.32 bits per heavy atom. The van der Waals surface area contributed by atoms with Gasteiger partial charge in [0.15, 0.2) is 10.8 Å². The molecule has 4 aromatic rings. The number of carbonyl (C=O) groups is 1. The van der Waals surface area contributed by atoms with Crippen LogP contribution in [0.15, 0.2) is 42.4 Å². The Morgan fingerprint density at radius 2 is 2.20 bits per heavy atom. The van der Waals surface area contributed by atoms with E-state index in [1.165, 1.54) is 11.3 Å². The van der Waals surface area contributed by atoms with Gasteiger partial charge in [0.25, 0.3) is 5.91 Å². The summed E-state index contributed by atoms with van der Waals surface area (Å²) < 4.78 is 1.74. The first kappa shape index (κ1) is 15.4. The molecule has 1 N–H and O–H groups in total. The van der Waals surface area contributed by atoms with Gasteiger partial charge >= 0.3 is 0 Å². The maximum atomic E-state index is 12.8. The number of amides is 1. The summed E-state index contributed by atoms with van der Waals surface area (Å²) in [7, 11) is 0. The third-order valence-electron chi connectivity index (χ3n) is 3.83. The van der Waals surface area contributed by atoms with Crippen LogP contribution in [0.4, 0.5) is 5.13 Å². The normalized spacial score (nSPS) is 11.0. The van der Waals surface area contributed by atoms with Crippen LogP contribution >= 0.6 is 11.3 Å². The maximum absolute atomic E-state index is 12.8. The van der Waals surface area contributed by atoms with E-state index in [0.29, 0.717) is 16.3 Å². The molecule has 4 heterocycles. The van der Waals surface area contributed by atoms with Gasteiger partial charge in [-0.25, -0.2) is 4.98 Å². The van der Waals surface area contributed by atoms with Gasteiger partial charge in [-0.1, -0.05) is 0 Å². The van der Waals surface area contributed by atoms with Gasteiger partial charge in [-0.2, -0.15) is 0 Å². The second-order valence-corrected chi connectivity index (χ2v) is 6.50. The summed E-state index contributed by atoms with van der Waals surface area (Å²) in [6.45, 7) is 3.89. The van der Waals surface area contributed by atoms with Gasteiger partial charge in [-0.05, 0) is 31.5 Å². The van der Waals surface area contributed by atoms with Crippen LogP contribution in [-0.2, 0) is 0 Å². The fraction of sp³-hybridized carbons (Fsp3) is 0.118. The van der Waals surface area contributed by atoms with E-state index in [2.05, 4.69) is 25.5 Å². The molecule has 0 atom stereocenters. The van der Waals surface area contributed by atoms with Crippen molar-refractivity contribution in [2.45, 2.75) is 13.8 Å². The van der Waals surface area contributed by atoms with Crippen LogP contribution in [0.1, 0.15) is 21.6 Å². The predicted octanol–water partition coefficient (Wildman–Crippen LogP) is 3.12. The lowest BCUT2D eigenvalue weighted by Crippen LogP contribution is -2.13. The molecule has 0 saturated carbocycles. The maximum Gasteiger partial charge on any atom is 0.261 e. The Kier molecular flexibility index (Phi) is 3.73. The lowest BCUT2D eigenvalue weighted by Gasteiger charge is -2.09. The highest BCUT2D eigenvalue weighted by atomic mass is 32.1. The lowest BCUT2D eigenvalue weighted by molar-refractivity contribution is 0.102. The molecule has 8 heteroatoms. The van der Waals surface area contributed by atoms with E-state index in [-0.39, 0.29) is 5.91 Å². The molecular formula is C17H14N6OS. The molecule has 0 aliphatic rings. The Balaban J connectivity index is 1.81. The summed E-state index contributed by atoms with van der Waals surface area (Å²) in [6.07, 6.45) is 7.00. The molecule has 4 aromatic heterocycles. The van der Waals surface area contributed by atoms with E-state index in [9.17, 15) is 4.79 Å². The summed E-state index contributed by atoms with van der Waals surface area (Å²) in [5.41, 5.74) is 4.70. The number of fused-ring (bicyclic) bond motifs is 1. The summed E-state index contributed by atoms with van der Waals surface area (Å²) in [5.74, 6) is -0.268. The fourth-order valence-electron chi connectivity index (χ4n) is 2.59. The van der Waals surface area contributed by atoms with E-state index >= 15 is 0 Å². The first-order chi connectivity index (χ1) is 12.1. The fourth-order valence-corrected chi connectivity index (χ4v) is 3.28. The molecule has 0 unspecified atom stereocenters. The molecule has 4 rings (SSSR count). The van der Waals surface area contributed by atoms with Crippen molar-refractivity contribution in [3.63, 3.8) is 0 Å².